The Morgan fingerprint density at radius 1 is 1.29 bits per heavy atom. The standard InChI is InChI=1S/C16H28N4O3S/c1-17-16(21)15-9-8-13(19(15)3)14-7-4-5-10-20(14)11-6-12-24(22,23)18-2/h8-9,14,18H,4-7,10-12H2,1-3H3,(H,17,21)/t14-/m1/s1. The highest BCUT2D eigenvalue weighted by Gasteiger charge is 2.27. The number of likely N-dealkylation sites (tertiary alicyclic amines) is 1. The van der Waals surface area contributed by atoms with E-state index in [1.165, 1.54) is 7.05 Å². The van der Waals surface area contributed by atoms with Crippen molar-refractivity contribution in [3.63, 3.8) is 0 Å². The number of nitrogens with zero attached hydrogens (tertiary/aromatic N) is 2. The van der Waals surface area contributed by atoms with Gasteiger partial charge in [0.1, 0.15) is 5.69 Å². The van der Waals surface area contributed by atoms with Crippen LogP contribution in [0.1, 0.15) is 47.9 Å². The van der Waals surface area contributed by atoms with Crippen LogP contribution >= 0.6 is 0 Å². The van der Waals surface area contributed by atoms with Crippen molar-refractivity contribution >= 4 is 15.9 Å². The van der Waals surface area contributed by atoms with Gasteiger partial charge >= 0.3 is 0 Å². The van der Waals surface area contributed by atoms with Crippen molar-refractivity contribution in [3.8, 4) is 0 Å². The third kappa shape index (κ3) is 4.37. The van der Waals surface area contributed by atoms with Gasteiger partial charge in [-0.3, -0.25) is 9.69 Å². The van der Waals surface area contributed by atoms with E-state index in [0.717, 1.165) is 38.0 Å². The van der Waals surface area contributed by atoms with Gasteiger partial charge in [-0.05, 0) is 51.5 Å². The minimum Gasteiger partial charge on any atom is -0.354 e. The molecule has 1 aromatic heterocycles. The summed E-state index contributed by atoms with van der Waals surface area (Å²) in [4.78, 5) is 14.3. The van der Waals surface area contributed by atoms with Gasteiger partial charge in [-0.15, -0.1) is 0 Å². The van der Waals surface area contributed by atoms with Crippen LogP contribution in [0.4, 0.5) is 0 Å². The van der Waals surface area contributed by atoms with Crippen LogP contribution in [-0.2, 0) is 17.1 Å². The molecule has 0 unspecified atom stereocenters. The zero-order valence-electron chi connectivity index (χ0n) is 14.7. The maximum absolute atomic E-state index is 11.9. The second-order valence-electron chi connectivity index (χ2n) is 6.21. The van der Waals surface area contributed by atoms with E-state index in [0.29, 0.717) is 12.1 Å². The predicted molar refractivity (Wildman–Crippen MR) is 94.4 cm³/mol. The van der Waals surface area contributed by atoms with Crippen molar-refractivity contribution in [3.05, 3.63) is 23.5 Å². The molecule has 0 bridgehead atoms. The van der Waals surface area contributed by atoms with E-state index in [9.17, 15) is 13.2 Å². The summed E-state index contributed by atoms with van der Waals surface area (Å²) in [6.07, 6.45) is 3.91. The van der Waals surface area contributed by atoms with Crippen molar-refractivity contribution in [2.75, 3.05) is 32.9 Å². The van der Waals surface area contributed by atoms with Crippen LogP contribution in [0.15, 0.2) is 12.1 Å². The summed E-state index contributed by atoms with van der Waals surface area (Å²) in [5.74, 6) is 0.0507. The van der Waals surface area contributed by atoms with Crippen LogP contribution in [0, 0.1) is 0 Å². The van der Waals surface area contributed by atoms with Gasteiger partial charge in [-0.25, -0.2) is 13.1 Å². The van der Waals surface area contributed by atoms with Gasteiger partial charge in [0.05, 0.1) is 11.8 Å². The van der Waals surface area contributed by atoms with Gasteiger partial charge in [-0.1, -0.05) is 6.42 Å². The summed E-state index contributed by atoms with van der Waals surface area (Å²) in [5, 5.41) is 2.66. The van der Waals surface area contributed by atoms with Crippen molar-refractivity contribution < 1.29 is 13.2 Å². The first-order valence-corrected chi connectivity index (χ1v) is 10.1. The molecule has 1 atom stereocenters. The highest BCUT2D eigenvalue weighted by Crippen LogP contribution is 2.31. The number of carbonyl (C=O) groups excluding carboxylic acids is 1. The summed E-state index contributed by atoms with van der Waals surface area (Å²) in [6, 6.07) is 4.10. The molecule has 0 spiro atoms. The molecule has 2 rings (SSSR count). The first-order valence-electron chi connectivity index (χ1n) is 8.42. The predicted octanol–water partition coefficient (Wildman–Crippen LogP) is 0.851. The summed E-state index contributed by atoms with van der Waals surface area (Å²) in [7, 11) is 1.84. The van der Waals surface area contributed by atoms with Gasteiger partial charge in [0.15, 0.2) is 0 Å². The molecule has 0 saturated carbocycles. The molecule has 136 valence electrons. The second kappa shape index (κ2) is 8.13. The summed E-state index contributed by atoms with van der Waals surface area (Å²) in [5.41, 5.74) is 1.76. The summed E-state index contributed by atoms with van der Waals surface area (Å²) < 4.78 is 27.5. The number of sulfonamides is 1. The summed E-state index contributed by atoms with van der Waals surface area (Å²) in [6.45, 7) is 1.71. The molecular weight excluding hydrogens is 328 g/mol. The Balaban J connectivity index is 2.09. The smallest absolute Gasteiger partial charge is 0.267 e. The van der Waals surface area contributed by atoms with Gasteiger partial charge in [0.2, 0.25) is 10.0 Å². The molecule has 0 aromatic carbocycles. The summed E-state index contributed by atoms with van der Waals surface area (Å²) >= 11 is 0. The Kier molecular flexibility index (Phi) is 6.42. The van der Waals surface area contributed by atoms with Gasteiger partial charge in [-0.2, -0.15) is 0 Å². The highest BCUT2D eigenvalue weighted by atomic mass is 32.2. The Bertz CT molecular complexity index is 669. The number of carbonyl (C=O) groups is 1. The molecule has 1 saturated heterocycles. The van der Waals surface area contributed by atoms with E-state index in [4.69, 9.17) is 0 Å². The molecule has 7 nitrogen and oxygen atoms in total. The molecule has 1 aliphatic heterocycles. The average Bonchev–Trinajstić information content (AvgIpc) is 2.96. The lowest BCUT2D eigenvalue weighted by Gasteiger charge is -2.36. The third-order valence-corrected chi connectivity index (χ3v) is 6.19. The molecule has 0 aliphatic carbocycles. The number of hydrogen-bond donors (Lipinski definition) is 2. The Morgan fingerprint density at radius 2 is 2.04 bits per heavy atom. The van der Waals surface area contributed by atoms with E-state index < -0.39 is 10.0 Å². The van der Waals surface area contributed by atoms with Crippen LogP contribution in [0.2, 0.25) is 0 Å². The number of hydrogen-bond acceptors (Lipinski definition) is 4. The minimum absolute atomic E-state index is 0.0915. The zero-order chi connectivity index (χ0) is 17.7. The Morgan fingerprint density at radius 3 is 2.71 bits per heavy atom. The minimum atomic E-state index is -3.16. The SMILES string of the molecule is CNC(=O)c1ccc([C@H]2CCCCN2CCCS(=O)(=O)NC)n1C. The number of piperidine rings is 1. The van der Waals surface area contributed by atoms with E-state index in [2.05, 4.69) is 14.9 Å². The molecule has 1 aromatic rings. The molecule has 1 amide bonds. The van der Waals surface area contributed by atoms with Crippen molar-refractivity contribution in [1.29, 1.82) is 0 Å². The fourth-order valence-corrected chi connectivity index (χ4v) is 4.08. The quantitative estimate of drug-likeness (QED) is 0.759. The van der Waals surface area contributed by atoms with Crippen molar-refractivity contribution in [2.45, 2.75) is 31.7 Å². The first-order chi connectivity index (χ1) is 11.4. The first kappa shape index (κ1) is 19.0. The molecule has 1 fully saturated rings. The van der Waals surface area contributed by atoms with Crippen LogP contribution in [-0.4, -0.2) is 56.7 Å². The molecule has 2 heterocycles. The lowest BCUT2D eigenvalue weighted by molar-refractivity contribution is 0.0952. The molecule has 2 N–H and O–H groups in total. The van der Waals surface area contributed by atoms with Crippen LogP contribution in [0.3, 0.4) is 0 Å². The molecule has 8 heteroatoms. The number of amides is 1. The maximum Gasteiger partial charge on any atom is 0.267 e. The average molecular weight is 356 g/mol. The zero-order valence-corrected chi connectivity index (χ0v) is 15.5. The van der Waals surface area contributed by atoms with E-state index in [1.54, 1.807) is 7.05 Å². The van der Waals surface area contributed by atoms with Gasteiger partial charge < -0.3 is 9.88 Å². The van der Waals surface area contributed by atoms with E-state index in [1.807, 2.05) is 23.7 Å². The second-order valence-corrected chi connectivity index (χ2v) is 8.25. The van der Waals surface area contributed by atoms with Crippen LogP contribution in [0.5, 0.6) is 0 Å². The highest BCUT2D eigenvalue weighted by molar-refractivity contribution is 7.89. The topological polar surface area (TPSA) is 83.4 Å². The molecule has 24 heavy (non-hydrogen) atoms. The van der Waals surface area contributed by atoms with E-state index >= 15 is 0 Å². The number of nitrogens with one attached hydrogen (secondary N) is 2. The fourth-order valence-electron chi connectivity index (χ4n) is 3.37. The molecule has 1 aliphatic rings. The fraction of sp³-hybridized carbons (Fsp3) is 0.688. The molecular formula is C16H28N4O3S. The monoisotopic (exact) mass is 356 g/mol. The van der Waals surface area contributed by atoms with Gasteiger partial charge in [0.25, 0.3) is 5.91 Å². The largest absolute Gasteiger partial charge is 0.354 e. The van der Waals surface area contributed by atoms with Crippen LogP contribution in [0.25, 0.3) is 0 Å². The Labute approximate surface area is 144 Å². The normalized spacial score (nSPS) is 19.4. The lowest BCUT2D eigenvalue weighted by Crippen LogP contribution is -2.36. The number of rotatable bonds is 7. The van der Waals surface area contributed by atoms with Crippen molar-refractivity contribution in [2.24, 2.45) is 7.05 Å². The lowest BCUT2D eigenvalue weighted by atomic mass is 9.99. The number of aromatic nitrogens is 1. The van der Waals surface area contributed by atoms with Gasteiger partial charge in [0, 0.05) is 19.8 Å². The third-order valence-electron chi connectivity index (χ3n) is 4.74. The van der Waals surface area contributed by atoms with Crippen molar-refractivity contribution in [1.82, 2.24) is 19.5 Å². The Hall–Kier alpha value is -1.38. The molecule has 0 radical (unpaired) electrons. The van der Waals surface area contributed by atoms with E-state index in [-0.39, 0.29) is 17.7 Å². The van der Waals surface area contributed by atoms with Crippen LogP contribution < -0.4 is 10.0 Å². The maximum atomic E-state index is 11.9.